The third-order valence-electron chi connectivity index (χ3n) is 4.09. The predicted molar refractivity (Wildman–Crippen MR) is 85.7 cm³/mol. The van der Waals surface area contributed by atoms with Gasteiger partial charge in [-0.1, -0.05) is 25.1 Å². The van der Waals surface area contributed by atoms with Crippen LogP contribution in [0, 0.1) is 5.92 Å². The molecule has 2 unspecified atom stereocenters. The van der Waals surface area contributed by atoms with Gasteiger partial charge in [-0.2, -0.15) is 13.2 Å². The number of halogens is 4. The Labute approximate surface area is 140 Å². The number of carbonyl (C=O) groups is 1. The predicted octanol–water partition coefficient (Wildman–Crippen LogP) is 3.35. The van der Waals surface area contributed by atoms with E-state index in [0.717, 1.165) is 19.0 Å². The van der Waals surface area contributed by atoms with E-state index in [2.05, 4.69) is 10.6 Å². The van der Waals surface area contributed by atoms with E-state index >= 15 is 0 Å². The minimum atomic E-state index is -4.32. The van der Waals surface area contributed by atoms with E-state index in [4.69, 9.17) is 0 Å². The maximum Gasteiger partial charge on any atom is 0.416 e. The van der Waals surface area contributed by atoms with Crippen LogP contribution in [0.15, 0.2) is 24.3 Å². The molecule has 130 valence electrons. The van der Waals surface area contributed by atoms with Crippen molar-refractivity contribution < 1.29 is 18.0 Å². The zero-order valence-corrected chi connectivity index (χ0v) is 13.8. The average molecular weight is 351 g/mol. The lowest BCUT2D eigenvalue weighted by Crippen LogP contribution is -2.33. The van der Waals surface area contributed by atoms with E-state index in [1.807, 2.05) is 6.92 Å². The summed E-state index contributed by atoms with van der Waals surface area (Å²) in [4.78, 5) is 11.8. The molecule has 1 aliphatic rings. The lowest BCUT2D eigenvalue weighted by molar-refractivity contribution is -0.137. The van der Waals surface area contributed by atoms with Crippen LogP contribution in [-0.2, 0) is 11.0 Å². The van der Waals surface area contributed by atoms with Crippen molar-refractivity contribution in [2.24, 2.45) is 5.92 Å². The summed E-state index contributed by atoms with van der Waals surface area (Å²) < 4.78 is 38.1. The molecular weight excluding hydrogens is 329 g/mol. The van der Waals surface area contributed by atoms with E-state index in [-0.39, 0.29) is 30.2 Å². The van der Waals surface area contributed by atoms with E-state index in [9.17, 15) is 18.0 Å². The largest absolute Gasteiger partial charge is 0.416 e. The highest BCUT2D eigenvalue weighted by Gasteiger charge is 2.30. The van der Waals surface area contributed by atoms with Crippen LogP contribution in [0.4, 0.5) is 13.2 Å². The summed E-state index contributed by atoms with van der Waals surface area (Å²) in [7, 11) is 0. The number of hydrogen-bond donors (Lipinski definition) is 2. The Kier molecular flexibility index (Phi) is 7.35. The molecule has 7 heteroatoms. The van der Waals surface area contributed by atoms with Crippen molar-refractivity contribution in [3.63, 3.8) is 0 Å². The molecule has 1 heterocycles. The molecule has 0 aliphatic carbocycles. The summed E-state index contributed by atoms with van der Waals surface area (Å²) in [6, 6.07) is 5.39. The van der Waals surface area contributed by atoms with Crippen molar-refractivity contribution in [1.29, 1.82) is 0 Å². The quantitative estimate of drug-likeness (QED) is 0.855. The zero-order valence-electron chi connectivity index (χ0n) is 13.0. The van der Waals surface area contributed by atoms with Crippen LogP contribution >= 0.6 is 12.4 Å². The topological polar surface area (TPSA) is 41.1 Å². The third-order valence-corrected chi connectivity index (χ3v) is 4.09. The first kappa shape index (κ1) is 19.8. The van der Waals surface area contributed by atoms with Crippen molar-refractivity contribution in [2.45, 2.75) is 31.9 Å². The van der Waals surface area contributed by atoms with Crippen molar-refractivity contribution in [2.75, 3.05) is 19.6 Å². The molecule has 0 spiro atoms. The van der Waals surface area contributed by atoms with Gasteiger partial charge in [0, 0.05) is 13.1 Å². The van der Waals surface area contributed by atoms with Gasteiger partial charge in [-0.3, -0.25) is 4.79 Å². The van der Waals surface area contributed by atoms with Crippen LogP contribution in [-0.4, -0.2) is 25.5 Å². The molecule has 3 nitrogen and oxygen atoms in total. The monoisotopic (exact) mass is 350 g/mol. The van der Waals surface area contributed by atoms with Gasteiger partial charge in [-0.25, -0.2) is 0 Å². The number of nitrogens with one attached hydrogen (secondary N) is 2. The van der Waals surface area contributed by atoms with Gasteiger partial charge >= 0.3 is 6.18 Å². The van der Waals surface area contributed by atoms with Gasteiger partial charge in [0.2, 0.25) is 5.91 Å². The van der Waals surface area contributed by atoms with Gasteiger partial charge in [0.25, 0.3) is 0 Å². The minimum absolute atomic E-state index is 0. The molecule has 1 aliphatic heterocycles. The Hall–Kier alpha value is -1.27. The first-order valence-corrected chi connectivity index (χ1v) is 7.53. The Balaban J connectivity index is 0.00000264. The molecule has 23 heavy (non-hydrogen) atoms. The number of rotatable bonds is 5. The summed E-state index contributed by atoms with van der Waals surface area (Å²) in [6.07, 6.45) is -2.86. The molecule has 1 aromatic rings. The number of carbonyl (C=O) groups excluding carboxylic acids is 1. The maximum absolute atomic E-state index is 12.7. The Morgan fingerprint density at radius 2 is 2.17 bits per heavy atom. The summed E-state index contributed by atoms with van der Waals surface area (Å²) in [6.45, 7) is 3.92. The normalized spacial score (nSPS) is 19.0. The Bertz CT molecular complexity index is 516. The number of alkyl halides is 3. The van der Waals surface area contributed by atoms with Gasteiger partial charge in [0.1, 0.15) is 0 Å². The first-order chi connectivity index (χ1) is 10.4. The maximum atomic E-state index is 12.7. The summed E-state index contributed by atoms with van der Waals surface area (Å²) in [5.74, 6) is 0.00871. The lowest BCUT2D eigenvalue weighted by atomic mass is 9.96. The van der Waals surface area contributed by atoms with Crippen LogP contribution in [0.25, 0.3) is 0 Å². The fourth-order valence-electron chi connectivity index (χ4n) is 2.62. The second-order valence-corrected chi connectivity index (χ2v) is 5.79. The molecule has 2 atom stereocenters. The van der Waals surface area contributed by atoms with E-state index in [1.165, 1.54) is 12.1 Å². The summed E-state index contributed by atoms with van der Waals surface area (Å²) in [5, 5.41) is 6.00. The van der Waals surface area contributed by atoms with Crippen molar-refractivity contribution in [3.05, 3.63) is 35.4 Å². The fraction of sp³-hybridized carbons (Fsp3) is 0.562. The molecule has 2 N–H and O–H groups in total. The SMILES string of the molecule is CC(CCNC(=O)C1CCNC1)c1cccc(C(F)(F)F)c1.Cl. The molecule has 0 saturated carbocycles. The third kappa shape index (κ3) is 5.70. The Morgan fingerprint density at radius 1 is 1.43 bits per heavy atom. The molecule has 0 radical (unpaired) electrons. The molecule has 1 fully saturated rings. The van der Waals surface area contributed by atoms with Gasteiger partial charge < -0.3 is 10.6 Å². The number of hydrogen-bond acceptors (Lipinski definition) is 2. The first-order valence-electron chi connectivity index (χ1n) is 7.53. The van der Waals surface area contributed by atoms with Crippen LogP contribution in [0.5, 0.6) is 0 Å². The Morgan fingerprint density at radius 3 is 2.78 bits per heavy atom. The van der Waals surface area contributed by atoms with Crippen molar-refractivity contribution in [1.82, 2.24) is 10.6 Å². The number of benzene rings is 1. The summed E-state index contributed by atoms with van der Waals surface area (Å²) >= 11 is 0. The van der Waals surface area contributed by atoms with E-state index < -0.39 is 11.7 Å². The fourth-order valence-corrected chi connectivity index (χ4v) is 2.62. The summed E-state index contributed by atoms with van der Waals surface area (Å²) in [5.41, 5.74) is 0.0181. The van der Waals surface area contributed by atoms with Crippen LogP contribution in [0.1, 0.15) is 36.8 Å². The molecule has 1 saturated heterocycles. The molecule has 1 aromatic carbocycles. The van der Waals surface area contributed by atoms with E-state index in [0.29, 0.717) is 25.1 Å². The van der Waals surface area contributed by atoms with Crippen LogP contribution in [0.2, 0.25) is 0 Å². The molecular formula is C16H22ClF3N2O. The second-order valence-electron chi connectivity index (χ2n) is 5.79. The minimum Gasteiger partial charge on any atom is -0.356 e. The van der Waals surface area contributed by atoms with Gasteiger partial charge in [0.15, 0.2) is 0 Å². The highest BCUT2D eigenvalue weighted by molar-refractivity contribution is 5.85. The highest BCUT2D eigenvalue weighted by atomic mass is 35.5. The van der Waals surface area contributed by atoms with Crippen LogP contribution < -0.4 is 10.6 Å². The lowest BCUT2D eigenvalue weighted by Gasteiger charge is -2.16. The highest BCUT2D eigenvalue weighted by Crippen LogP contribution is 2.31. The average Bonchev–Trinajstić information content (AvgIpc) is 3.00. The number of amides is 1. The second kappa shape index (κ2) is 8.55. The van der Waals surface area contributed by atoms with Gasteiger partial charge in [-0.05, 0) is 36.9 Å². The van der Waals surface area contributed by atoms with Gasteiger partial charge in [-0.15, -0.1) is 12.4 Å². The molecule has 0 aromatic heterocycles. The van der Waals surface area contributed by atoms with E-state index in [1.54, 1.807) is 6.07 Å². The van der Waals surface area contributed by atoms with Crippen molar-refractivity contribution >= 4 is 18.3 Å². The molecule has 0 bridgehead atoms. The van der Waals surface area contributed by atoms with Gasteiger partial charge in [0.05, 0.1) is 11.5 Å². The molecule has 1 amide bonds. The molecule has 2 rings (SSSR count). The smallest absolute Gasteiger partial charge is 0.356 e. The van der Waals surface area contributed by atoms with Crippen molar-refractivity contribution in [3.8, 4) is 0 Å². The van der Waals surface area contributed by atoms with Crippen LogP contribution in [0.3, 0.4) is 0 Å². The zero-order chi connectivity index (χ0) is 16.2. The standard InChI is InChI=1S/C16H21F3N2O.ClH/c1-11(5-8-21-15(22)13-6-7-20-10-13)12-3-2-4-14(9-12)16(17,18)19;/h2-4,9,11,13,20H,5-8,10H2,1H3,(H,21,22);1H.